The fourth-order valence-corrected chi connectivity index (χ4v) is 3.65. The van der Waals surface area contributed by atoms with Crippen molar-refractivity contribution in [3.8, 4) is 0 Å². The molecule has 118 valence electrons. The van der Waals surface area contributed by atoms with Crippen molar-refractivity contribution >= 4 is 11.8 Å². The lowest BCUT2D eigenvalue weighted by Crippen LogP contribution is -2.54. The van der Waals surface area contributed by atoms with Crippen LogP contribution in [0.2, 0.25) is 0 Å². The normalized spacial score (nSPS) is 33.5. The lowest BCUT2D eigenvalue weighted by Gasteiger charge is -2.37. The predicted octanol–water partition coefficient (Wildman–Crippen LogP) is -0.0364. The monoisotopic (exact) mass is 295 g/mol. The number of amides is 2. The summed E-state index contributed by atoms with van der Waals surface area (Å²) in [6, 6.07) is 0.0176. The first-order valence-corrected chi connectivity index (χ1v) is 8.11. The van der Waals surface area contributed by atoms with Crippen LogP contribution < -0.4 is 5.73 Å². The number of carbonyl (C=O) groups excluding carboxylic acids is 2. The summed E-state index contributed by atoms with van der Waals surface area (Å²) in [6.45, 7) is 3.17. The largest absolute Gasteiger partial charge is 0.368 e. The zero-order chi connectivity index (χ0) is 14.8. The average Bonchev–Trinajstić information content (AvgIpc) is 3.17. The van der Waals surface area contributed by atoms with Gasteiger partial charge in [-0.2, -0.15) is 0 Å². The summed E-state index contributed by atoms with van der Waals surface area (Å²) in [4.78, 5) is 28.4. The second-order valence-electron chi connectivity index (χ2n) is 6.35. The van der Waals surface area contributed by atoms with Crippen LogP contribution in [-0.2, 0) is 14.3 Å². The van der Waals surface area contributed by atoms with E-state index in [0.717, 1.165) is 32.1 Å². The van der Waals surface area contributed by atoms with Crippen LogP contribution in [0.5, 0.6) is 0 Å². The summed E-state index contributed by atoms with van der Waals surface area (Å²) >= 11 is 0. The van der Waals surface area contributed by atoms with Gasteiger partial charge in [-0.15, -0.1) is 0 Å². The average molecular weight is 295 g/mol. The standard InChI is InChI=1S/C15H25N3O3/c16-12-4-1-3-11(12)14(19)17-6-8-18(9-7-17)15(20)13-5-2-10-21-13/h11-13H,1-10,16H2. The molecule has 2 amide bonds. The molecule has 0 spiro atoms. The maximum atomic E-state index is 12.5. The van der Waals surface area contributed by atoms with Crippen molar-refractivity contribution in [2.24, 2.45) is 11.7 Å². The molecule has 2 aliphatic heterocycles. The van der Waals surface area contributed by atoms with Gasteiger partial charge < -0.3 is 20.3 Å². The number of nitrogens with zero attached hydrogens (tertiary/aromatic N) is 2. The van der Waals surface area contributed by atoms with Gasteiger partial charge in [0.1, 0.15) is 6.10 Å². The summed E-state index contributed by atoms with van der Waals surface area (Å²) in [7, 11) is 0. The highest BCUT2D eigenvalue weighted by atomic mass is 16.5. The number of ether oxygens (including phenoxy) is 1. The summed E-state index contributed by atoms with van der Waals surface area (Å²) in [6.07, 6.45) is 4.46. The Labute approximate surface area is 125 Å². The first kappa shape index (κ1) is 14.8. The summed E-state index contributed by atoms with van der Waals surface area (Å²) in [5, 5.41) is 0. The van der Waals surface area contributed by atoms with Gasteiger partial charge in [0, 0.05) is 38.8 Å². The number of piperazine rings is 1. The molecule has 1 aliphatic carbocycles. The molecule has 0 bridgehead atoms. The second-order valence-corrected chi connectivity index (χ2v) is 6.35. The summed E-state index contributed by atoms with van der Waals surface area (Å²) in [5.41, 5.74) is 6.02. The van der Waals surface area contributed by atoms with Crippen molar-refractivity contribution in [2.75, 3.05) is 32.8 Å². The fraction of sp³-hybridized carbons (Fsp3) is 0.867. The van der Waals surface area contributed by atoms with Crippen molar-refractivity contribution in [1.29, 1.82) is 0 Å². The zero-order valence-electron chi connectivity index (χ0n) is 12.5. The van der Waals surface area contributed by atoms with E-state index in [4.69, 9.17) is 10.5 Å². The van der Waals surface area contributed by atoms with E-state index in [1.54, 1.807) is 0 Å². The topological polar surface area (TPSA) is 75.9 Å². The SMILES string of the molecule is NC1CCCC1C(=O)N1CCN(C(=O)C2CCCO2)CC1. The molecule has 0 aromatic carbocycles. The van der Waals surface area contributed by atoms with Crippen LogP contribution in [0.15, 0.2) is 0 Å². The highest BCUT2D eigenvalue weighted by Gasteiger charge is 2.36. The molecule has 3 rings (SSSR count). The van der Waals surface area contributed by atoms with E-state index in [9.17, 15) is 9.59 Å². The number of hydrogen-bond donors (Lipinski definition) is 1. The Hall–Kier alpha value is -1.14. The van der Waals surface area contributed by atoms with E-state index in [1.807, 2.05) is 9.80 Å². The molecule has 2 N–H and O–H groups in total. The molecule has 0 aromatic heterocycles. The minimum absolute atomic E-state index is 0.00887. The first-order valence-electron chi connectivity index (χ1n) is 8.11. The van der Waals surface area contributed by atoms with Crippen LogP contribution in [0.3, 0.4) is 0 Å². The smallest absolute Gasteiger partial charge is 0.251 e. The maximum absolute atomic E-state index is 12.5. The zero-order valence-corrected chi connectivity index (χ0v) is 12.5. The molecule has 3 unspecified atom stereocenters. The van der Waals surface area contributed by atoms with E-state index < -0.39 is 0 Å². The van der Waals surface area contributed by atoms with E-state index in [1.165, 1.54) is 0 Å². The second kappa shape index (κ2) is 6.32. The van der Waals surface area contributed by atoms with Crippen molar-refractivity contribution in [3.05, 3.63) is 0 Å². The van der Waals surface area contributed by atoms with Gasteiger partial charge in [0.05, 0.1) is 5.92 Å². The Balaban J connectivity index is 1.50. The Morgan fingerprint density at radius 3 is 2.10 bits per heavy atom. The van der Waals surface area contributed by atoms with Crippen LogP contribution in [0.25, 0.3) is 0 Å². The van der Waals surface area contributed by atoms with E-state index in [0.29, 0.717) is 32.8 Å². The highest BCUT2D eigenvalue weighted by molar-refractivity contribution is 5.82. The van der Waals surface area contributed by atoms with E-state index in [-0.39, 0.29) is 29.9 Å². The first-order chi connectivity index (χ1) is 10.2. The Kier molecular flexibility index (Phi) is 4.45. The van der Waals surface area contributed by atoms with Crippen LogP contribution in [0, 0.1) is 5.92 Å². The molecule has 21 heavy (non-hydrogen) atoms. The molecule has 3 fully saturated rings. The Morgan fingerprint density at radius 1 is 0.905 bits per heavy atom. The van der Waals surface area contributed by atoms with Crippen LogP contribution in [-0.4, -0.2) is 66.5 Å². The molecule has 2 saturated heterocycles. The minimum atomic E-state index is -0.254. The van der Waals surface area contributed by atoms with Gasteiger partial charge in [0.2, 0.25) is 5.91 Å². The van der Waals surface area contributed by atoms with Gasteiger partial charge in [-0.05, 0) is 25.7 Å². The van der Waals surface area contributed by atoms with E-state index in [2.05, 4.69) is 0 Å². The summed E-state index contributed by atoms with van der Waals surface area (Å²) in [5.74, 6) is 0.270. The number of rotatable bonds is 2. The van der Waals surface area contributed by atoms with Gasteiger partial charge in [-0.1, -0.05) is 6.42 Å². The Bertz CT molecular complexity index is 401. The third-order valence-corrected chi connectivity index (χ3v) is 4.99. The molecule has 6 nitrogen and oxygen atoms in total. The molecule has 2 heterocycles. The quantitative estimate of drug-likeness (QED) is 0.776. The maximum Gasteiger partial charge on any atom is 0.251 e. The molecule has 0 radical (unpaired) electrons. The fourth-order valence-electron chi connectivity index (χ4n) is 3.65. The third-order valence-electron chi connectivity index (χ3n) is 4.99. The minimum Gasteiger partial charge on any atom is -0.368 e. The van der Waals surface area contributed by atoms with Crippen molar-refractivity contribution in [3.63, 3.8) is 0 Å². The predicted molar refractivity (Wildman–Crippen MR) is 77.5 cm³/mol. The third kappa shape index (κ3) is 3.06. The van der Waals surface area contributed by atoms with Gasteiger partial charge in [-0.3, -0.25) is 9.59 Å². The molecular formula is C15H25N3O3. The lowest BCUT2D eigenvalue weighted by atomic mass is 10.0. The van der Waals surface area contributed by atoms with Crippen LogP contribution >= 0.6 is 0 Å². The van der Waals surface area contributed by atoms with Gasteiger partial charge in [0.25, 0.3) is 5.91 Å². The van der Waals surface area contributed by atoms with Gasteiger partial charge in [0.15, 0.2) is 0 Å². The highest BCUT2D eigenvalue weighted by Crippen LogP contribution is 2.26. The van der Waals surface area contributed by atoms with Crippen molar-refractivity contribution in [2.45, 2.75) is 44.2 Å². The molecule has 3 aliphatic rings. The van der Waals surface area contributed by atoms with E-state index >= 15 is 0 Å². The molecule has 0 aromatic rings. The number of nitrogens with two attached hydrogens (primary N) is 1. The molecule has 6 heteroatoms. The summed E-state index contributed by atoms with van der Waals surface area (Å²) < 4.78 is 5.45. The van der Waals surface area contributed by atoms with Gasteiger partial charge in [-0.25, -0.2) is 0 Å². The molecule has 1 saturated carbocycles. The van der Waals surface area contributed by atoms with Crippen molar-refractivity contribution in [1.82, 2.24) is 9.80 Å². The lowest BCUT2D eigenvalue weighted by molar-refractivity contribution is -0.147. The number of hydrogen-bond acceptors (Lipinski definition) is 4. The van der Waals surface area contributed by atoms with Crippen LogP contribution in [0.4, 0.5) is 0 Å². The van der Waals surface area contributed by atoms with Crippen molar-refractivity contribution < 1.29 is 14.3 Å². The molecule has 3 atom stereocenters. The Morgan fingerprint density at radius 2 is 1.57 bits per heavy atom. The van der Waals surface area contributed by atoms with Gasteiger partial charge >= 0.3 is 0 Å². The molecular weight excluding hydrogens is 270 g/mol. The van der Waals surface area contributed by atoms with Crippen LogP contribution in [0.1, 0.15) is 32.1 Å². The number of carbonyl (C=O) groups is 2.